The highest BCUT2D eigenvalue weighted by Crippen LogP contribution is 1.86. The lowest BCUT2D eigenvalue weighted by Gasteiger charge is -2.07. The van der Waals surface area contributed by atoms with Gasteiger partial charge in [-0.2, -0.15) is 0 Å². The van der Waals surface area contributed by atoms with Crippen LogP contribution in [0.2, 0.25) is 0 Å². The van der Waals surface area contributed by atoms with Gasteiger partial charge in [0, 0.05) is 6.54 Å². The van der Waals surface area contributed by atoms with E-state index in [0.717, 1.165) is 6.54 Å². The fourth-order valence-corrected chi connectivity index (χ4v) is 0.721. The molecule has 0 spiro atoms. The molecule has 0 saturated carbocycles. The lowest BCUT2D eigenvalue weighted by molar-refractivity contribution is -0.141. The summed E-state index contributed by atoms with van der Waals surface area (Å²) < 4.78 is 4.69. The number of carbonyl (C=O) groups excluding carboxylic acids is 1. The number of nitrogens with one attached hydrogen (secondary N) is 1. The molecule has 0 saturated heterocycles. The van der Waals surface area contributed by atoms with Gasteiger partial charge in [0.15, 0.2) is 5.96 Å². The van der Waals surface area contributed by atoms with E-state index in [4.69, 9.17) is 5.73 Å². The quantitative estimate of drug-likeness (QED) is 0.376. The van der Waals surface area contributed by atoms with Crippen molar-refractivity contribution in [1.82, 2.24) is 5.32 Å². The van der Waals surface area contributed by atoms with Crippen LogP contribution >= 0.6 is 0 Å². The number of nitrogens with two attached hydrogens (primary N) is 1. The topological polar surface area (TPSA) is 76.7 Å². The minimum Gasteiger partial charge on any atom is -0.465 e. The third kappa shape index (κ3) is 7.39. The van der Waals surface area contributed by atoms with E-state index in [1.54, 1.807) is 6.92 Å². The number of nitrogens with zero attached hydrogens (tertiary/aromatic N) is 1. The predicted octanol–water partition coefficient (Wildman–Crippen LogP) is 0.110. The Morgan fingerprint density at radius 1 is 1.57 bits per heavy atom. The molecule has 0 aliphatic heterocycles. The highest BCUT2D eigenvalue weighted by Gasteiger charge is 2.00. The zero-order valence-electron chi connectivity index (χ0n) is 9.04. The molecule has 0 aliphatic carbocycles. The number of ether oxygens (including phenoxy) is 1. The molecule has 0 aromatic heterocycles. The van der Waals surface area contributed by atoms with Gasteiger partial charge in [0.2, 0.25) is 0 Å². The second-order valence-electron chi connectivity index (χ2n) is 3.28. The first-order chi connectivity index (χ1) is 6.56. The van der Waals surface area contributed by atoms with Crippen molar-refractivity contribution in [3.8, 4) is 0 Å². The summed E-state index contributed by atoms with van der Waals surface area (Å²) in [5.41, 5.74) is 5.50. The Morgan fingerprint density at radius 2 is 2.21 bits per heavy atom. The summed E-state index contributed by atoms with van der Waals surface area (Å²) >= 11 is 0. The van der Waals surface area contributed by atoms with Crippen LogP contribution in [0.1, 0.15) is 20.8 Å². The maximum absolute atomic E-state index is 10.9. The van der Waals surface area contributed by atoms with E-state index in [9.17, 15) is 4.79 Å². The molecule has 0 atom stereocenters. The number of hydrogen-bond donors (Lipinski definition) is 2. The maximum Gasteiger partial charge on any atom is 0.327 e. The monoisotopic (exact) mass is 201 g/mol. The Morgan fingerprint density at radius 3 is 2.71 bits per heavy atom. The summed E-state index contributed by atoms with van der Waals surface area (Å²) in [4.78, 5) is 14.7. The number of rotatable bonds is 5. The van der Waals surface area contributed by atoms with E-state index in [-0.39, 0.29) is 18.5 Å². The molecule has 0 aliphatic rings. The molecule has 5 nitrogen and oxygen atoms in total. The molecule has 82 valence electrons. The Balaban J connectivity index is 3.70. The average Bonchev–Trinajstić information content (AvgIpc) is 2.12. The summed E-state index contributed by atoms with van der Waals surface area (Å²) in [6, 6.07) is 0. The van der Waals surface area contributed by atoms with E-state index in [2.05, 4.69) is 28.9 Å². The molecular weight excluding hydrogens is 182 g/mol. The molecular formula is C9H19N3O2. The second kappa shape index (κ2) is 7.17. The highest BCUT2D eigenvalue weighted by molar-refractivity contribution is 5.81. The van der Waals surface area contributed by atoms with Gasteiger partial charge in [0.05, 0.1) is 6.61 Å². The second-order valence-corrected chi connectivity index (χ2v) is 3.28. The van der Waals surface area contributed by atoms with E-state index in [1.165, 1.54) is 0 Å². The number of aliphatic imine (C=N–C) groups is 1. The fourth-order valence-electron chi connectivity index (χ4n) is 0.721. The number of carbonyl (C=O) groups is 1. The van der Waals surface area contributed by atoms with E-state index in [0.29, 0.717) is 12.5 Å². The first-order valence-electron chi connectivity index (χ1n) is 4.75. The first-order valence-corrected chi connectivity index (χ1v) is 4.75. The number of guanidine groups is 1. The van der Waals surface area contributed by atoms with E-state index < -0.39 is 0 Å². The minimum absolute atomic E-state index is 0.0230. The SMILES string of the molecule is CCOC(=O)CN=C(N)NCC(C)C. The first kappa shape index (κ1) is 12.7. The van der Waals surface area contributed by atoms with Gasteiger partial charge in [-0.15, -0.1) is 0 Å². The van der Waals surface area contributed by atoms with Gasteiger partial charge in [-0.1, -0.05) is 13.8 Å². The summed E-state index contributed by atoms with van der Waals surface area (Å²) in [5.74, 6) is 0.417. The van der Waals surface area contributed by atoms with Crippen LogP contribution in [0.3, 0.4) is 0 Å². The zero-order chi connectivity index (χ0) is 11.0. The molecule has 0 aromatic rings. The van der Waals surface area contributed by atoms with Crippen LogP contribution in [-0.4, -0.2) is 31.6 Å². The molecule has 14 heavy (non-hydrogen) atoms. The van der Waals surface area contributed by atoms with Gasteiger partial charge in [0.25, 0.3) is 0 Å². The van der Waals surface area contributed by atoms with Crippen LogP contribution in [-0.2, 0) is 9.53 Å². The minimum atomic E-state index is -0.359. The summed E-state index contributed by atoms with van der Waals surface area (Å²) in [6.45, 7) is 6.97. The Labute approximate surface area is 84.7 Å². The number of hydrogen-bond acceptors (Lipinski definition) is 3. The molecule has 0 amide bonds. The largest absolute Gasteiger partial charge is 0.465 e. The van der Waals surface area contributed by atoms with Gasteiger partial charge >= 0.3 is 5.97 Å². The molecule has 0 bridgehead atoms. The van der Waals surface area contributed by atoms with Crippen LogP contribution in [0.5, 0.6) is 0 Å². The lowest BCUT2D eigenvalue weighted by atomic mass is 10.2. The molecule has 0 heterocycles. The summed E-state index contributed by atoms with van der Waals surface area (Å²) in [6.07, 6.45) is 0. The summed E-state index contributed by atoms with van der Waals surface area (Å²) in [7, 11) is 0. The average molecular weight is 201 g/mol. The zero-order valence-corrected chi connectivity index (χ0v) is 9.04. The van der Waals surface area contributed by atoms with Crippen molar-refractivity contribution < 1.29 is 9.53 Å². The highest BCUT2D eigenvalue weighted by atomic mass is 16.5. The van der Waals surface area contributed by atoms with Gasteiger partial charge in [0.1, 0.15) is 6.54 Å². The lowest BCUT2D eigenvalue weighted by Crippen LogP contribution is -2.34. The smallest absolute Gasteiger partial charge is 0.327 e. The van der Waals surface area contributed by atoms with Crippen LogP contribution < -0.4 is 11.1 Å². The van der Waals surface area contributed by atoms with Gasteiger partial charge in [-0.25, -0.2) is 4.99 Å². The fraction of sp³-hybridized carbons (Fsp3) is 0.778. The third-order valence-electron chi connectivity index (χ3n) is 1.38. The van der Waals surface area contributed by atoms with Crippen molar-refractivity contribution in [1.29, 1.82) is 0 Å². The predicted molar refractivity (Wildman–Crippen MR) is 56.0 cm³/mol. The van der Waals surface area contributed by atoms with E-state index in [1.807, 2.05) is 0 Å². The van der Waals surface area contributed by atoms with Gasteiger partial charge < -0.3 is 15.8 Å². The molecule has 0 fully saturated rings. The van der Waals surface area contributed by atoms with Crippen LogP contribution in [0.4, 0.5) is 0 Å². The van der Waals surface area contributed by atoms with Crippen LogP contribution in [0, 0.1) is 5.92 Å². The van der Waals surface area contributed by atoms with Crippen molar-refractivity contribution in [2.75, 3.05) is 19.7 Å². The maximum atomic E-state index is 10.9. The normalized spacial score (nSPS) is 11.6. The van der Waals surface area contributed by atoms with Crippen molar-refractivity contribution in [3.63, 3.8) is 0 Å². The third-order valence-corrected chi connectivity index (χ3v) is 1.38. The molecule has 0 rings (SSSR count). The summed E-state index contributed by atoms with van der Waals surface area (Å²) in [5, 5.41) is 2.90. The standard InChI is InChI=1S/C9H19N3O2/c1-4-14-8(13)6-12-9(10)11-5-7(2)3/h7H,4-6H2,1-3H3,(H3,10,11,12). The van der Waals surface area contributed by atoms with Crippen molar-refractivity contribution in [2.45, 2.75) is 20.8 Å². The Bertz CT molecular complexity index is 202. The Kier molecular flexibility index (Phi) is 6.53. The molecule has 0 radical (unpaired) electrons. The van der Waals surface area contributed by atoms with Gasteiger partial charge in [-0.3, -0.25) is 4.79 Å². The van der Waals surface area contributed by atoms with Gasteiger partial charge in [-0.05, 0) is 12.8 Å². The molecule has 5 heteroatoms. The molecule has 0 aromatic carbocycles. The molecule has 3 N–H and O–H groups in total. The Hall–Kier alpha value is -1.26. The number of esters is 1. The van der Waals surface area contributed by atoms with Crippen molar-refractivity contribution in [3.05, 3.63) is 0 Å². The van der Waals surface area contributed by atoms with Crippen molar-refractivity contribution >= 4 is 11.9 Å². The van der Waals surface area contributed by atoms with E-state index >= 15 is 0 Å². The van der Waals surface area contributed by atoms with Crippen molar-refractivity contribution in [2.24, 2.45) is 16.6 Å². The van der Waals surface area contributed by atoms with Crippen LogP contribution in [0.15, 0.2) is 4.99 Å². The van der Waals surface area contributed by atoms with Crippen LogP contribution in [0.25, 0.3) is 0 Å². The molecule has 0 unspecified atom stereocenters.